The fourth-order valence-corrected chi connectivity index (χ4v) is 1.66. The highest BCUT2D eigenvalue weighted by molar-refractivity contribution is 7.98. The van der Waals surface area contributed by atoms with Gasteiger partial charge in [0.1, 0.15) is 11.6 Å². The number of hydrogen-bond acceptors (Lipinski definition) is 7. The number of hydrazine groups is 1. The van der Waals surface area contributed by atoms with Crippen LogP contribution in [0.4, 0.5) is 11.6 Å². The van der Waals surface area contributed by atoms with Gasteiger partial charge < -0.3 is 15.5 Å². The molecule has 0 radical (unpaired) electrons. The van der Waals surface area contributed by atoms with Crippen molar-refractivity contribution in [3.05, 3.63) is 6.07 Å². The number of ether oxygens (including phenoxy) is 1. The lowest BCUT2D eigenvalue weighted by molar-refractivity contribution is 0.141. The monoisotopic (exact) mass is 271 g/mol. The summed E-state index contributed by atoms with van der Waals surface area (Å²) in [6, 6.07) is 1.77. The third-order valence-corrected chi connectivity index (χ3v) is 2.78. The highest BCUT2D eigenvalue weighted by atomic mass is 32.2. The number of nitrogens with zero attached hydrogens (tertiary/aromatic N) is 2. The molecular weight excluding hydrogens is 250 g/mol. The van der Waals surface area contributed by atoms with E-state index in [1.54, 1.807) is 6.07 Å². The fraction of sp³-hybridized carbons (Fsp3) is 0.636. The van der Waals surface area contributed by atoms with Crippen LogP contribution in [-0.4, -0.2) is 36.0 Å². The van der Waals surface area contributed by atoms with E-state index in [4.69, 9.17) is 10.6 Å². The molecule has 0 fully saturated rings. The smallest absolute Gasteiger partial charge is 0.191 e. The Bertz CT molecular complexity index is 328. The van der Waals surface area contributed by atoms with Crippen molar-refractivity contribution in [2.45, 2.75) is 24.9 Å². The zero-order valence-electron chi connectivity index (χ0n) is 10.9. The molecule has 18 heavy (non-hydrogen) atoms. The highest BCUT2D eigenvalue weighted by Gasteiger charge is 2.02. The number of hydrogen-bond donors (Lipinski definition) is 3. The van der Waals surface area contributed by atoms with Gasteiger partial charge >= 0.3 is 0 Å². The summed E-state index contributed by atoms with van der Waals surface area (Å²) in [5.41, 5.74) is 2.52. The molecule has 0 atom stereocenters. The van der Waals surface area contributed by atoms with Crippen LogP contribution in [0.15, 0.2) is 11.2 Å². The SMILES string of the molecule is CCCCOCCNc1cc(NN)nc(SC)n1. The van der Waals surface area contributed by atoms with Gasteiger partial charge in [0.15, 0.2) is 5.16 Å². The van der Waals surface area contributed by atoms with Crippen LogP contribution >= 0.6 is 11.8 Å². The molecule has 0 aliphatic carbocycles. The molecule has 1 aromatic heterocycles. The van der Waals surface area contributed by atoms with Gasteiger partial charge in [-0.15, -0.1) is 0 Å². The number of rotatable bonds is 9. The summed E-state index contributed by atoms with van der Waals surface area (Å²) in [6.45, 7) is 4.35. The van der Waals surface area contributed by atoms with E-state index >= 15 is 0 Å². The molecule has 0 saturated heterocycles. The second-order valence-corrected chi connectivity index (χ2v) is 4.44. The van der Waals surface area contributed by atoms with E-state index in [0.717, 1.165) is 31.8 Å². The third kappa shape index (κ3) is 5.52. The maximum Gasteiger partial charge on any atom is 0.191 e. The largest absolute Gasteiger partial charge is 0.380 e. The van der Waals surface area contributed by atoms with Gasteiger partial charge in [-0.3, -0.25) is 0 Å². The first-order valence-corrected chi connectivity index (χ1v) is 7.24. The molecule has 0 aliphatic rings. The molecule has 1 aromatic rings. The molecule has 0 unspecified atom stereocenters. The van der Waals surface area contributed by atoms with Gasteiger partial charge in [0.2, 0.25) is 0 Å². The summed E-state index contributed by atoms with van der Waals surface area (Å²) in [5.74, 6) is 6.70. The first-order chi connectivity index (χ1) is 8.80. The van der Waals surface area contributed by atoms with Crippen molar-refractivity contribution in [1.82, 2.24) is 9.97 Å². The van der Waals surface area contributed by atoms with Crippen LogP contribution < -0.4 is 16.6 Å². The lowest BCUT2D eigenvalue weighted by Crippen LogP contribution is -2.13. The van der Waals surface area contributed by atoms with E-state index in [-0.39, 0.29) is 0 Å². The minimum Gasteiger partial charge on any atom is -0.380 e. The number of nitrogens with two attached hydrogens (primary N) is 1. The molecule has 6 nitrogen and oxygen atoms in total. The Balaban J connectivity index is 2.36. The van der Waals surface area contributed by atoms with Crippen LogP contribution in [-0.2, 0) is 4.74 Å². The fourth-order valence-electron chi connectivity index (χ4n) is 1.28. The Morgan fingerprint density at radius 1 is 1.33 bits per heavy atom. The minimum atomic E-state index is 0.601. The summed E-state index contributed by atoms with van der Waals surface area (Å²) >= 11 is 1.47. The molecule has 0 amide bonds. The van der Waals surface area contributed by atoms with Crippen molar-refractivity contribution in [2.75, 3.05) is 36.8 Å². The maximum atomic E-state index is 5.46. The van der Waals surface area contributed by atoms with Crippen molar-refractivity contribution >= 4 is 23.4 Å². The molecule has 0 aromatic carbocycles. The number of aromatic nitrogens is 2. The van der Waals surface area contributed by atoms with E-state index in [1.807, 2.05) is 6.26 Å². The average molecular weight is 271 g/mol. The summed E-state index contributed by atoms with van der Waals surface area (Å²) in [7, 11) is 0. The van der Waals surface area contributed by atoms with E-state index in [2.05, 4.69) is 27.6 Å². The molecule has 4 N–H and O–H groups in total. The summed E-state index contributed by atoms with van der Waals surface area (Å²) in [5, 5.41) is 3.87. The summed E-state index contributed by atoms with van der Waals surface area (Å²) in [6.07, 6.45) is 4.18. The summed E-state index contributed by atoms with van der Waals surface area (Å²) in [4.78, 5) is 8.51. The Hall–Kier alpha value is -1.05. The van der Waals surface area contributed by atoms with Crippen molar-refractivity contribution in [2.24, 2.45) is 5.84 Å². The predicted octanol–water partition coefficient (Wildman–Crippen LogP) is 1.71. The van der Waals surface area contributed by atoms with E-state index < -0.39 is 0 Å². The van der Waals surface area contributed by atoms with Gasteiger partial charge in [-0.05, 0) is 12.7 Å². The van der Waals surface area contributed by atoms with Gasteiger partial charge in [0, 0.05) is 19.2 Å². The molecule has 1 heterocycles. The zero-order chi connectivity index (χ0) is 13.2. The maximum absolute atomic E-state index is 5.46. The Kier molecular flexibility index (Phi) is 7.47. The van der Waals surface area contributed by atoms with Crippen molar-refractivity contribution in [3.63, 3.8) is 0 Å². The Morgan fingerprint density at radius 2 is 2.11 bits per heavy atom. The predicted molar refractivity (Wildman–Crippen MR) is 75.8 cm³/mol. The van der Waals surface area contributed by atoms with Crippen LogP contribution in [0.5, 0.6) is 0 Å². The number of thioether (sulfide) groups is 1. The number of unbranched alkanes of at least 4 members (excludes halogenated alkanes) is 1. The van der Waals surface area contributed by atoms with Gasteiger partial charge in [0.05, 0.1) is 6.61 Å². The Labute approximate surface area is 112 Å². The first-order valence-electron chi connectivity index (χ1n) is 6.01. The van der Waals surface area contributed by atoms with Crippen molar-refractivity contribution < 1.29 is 4.74 Å². The van der Waals surface area contributed by atoms with Crippen LogP contribution in [0.1, 0.15) is 19.8 Å². The van der Waals surface area contributed by atoms with Crippen LogP contribution in [0.25, 0.3) is 0 Å². The second-order valence-electron chi connectivity index (χ2n) is 3.66. The number of anilines is 2. The summed E-state index contributed by atoms with van der Waals surface area (Å²) < 4.78 is 5.46. The normalized spacial score (nSPS) is 10.4. The van der Waals surface area contributed by atoms with Gasteiger partial charge in [-0.2, -0.15) is 0 Å². The standard InChI is InChI=1S/C11H21N5OS/c1-3-4-6-17-7-5-13-9-8-10(16-12)15-11(14-9)18-2/h8H,3-7,12H2,1-2H3,(H2,13,14,15,16). The van der Waals surface area contributed by atoms with E-state index in [9.17, 15) is 0 Å². The average Bonchev–Trinajstić information content (AvgIpc) is 2.42. The van der Waals surface area contributed by atoms with Crippen molar-refractivity contribution in [1.29, 1.82) is 0 Å². The van der Waals surface area contributed by atoms with E-state index in [0.29, 0.717) is 17.6 Å². The van der Waals surface area contributed by atoms with Crippen LogP contribution in [0.2, 0.25) is 0 Å². The lowest BCUT2D eigenvalue weighted by atomic mass is 10.4. The zero-order valence-corrected chi connectivity index (χ0v) is 11.7. The topological polar surface area (TPSA) is 85.1 Å². The molecule has 0 spiro atoms. The molecule has 1 rings (SSSR count). The number of nitrogen functional groups attached to an aromatic ring is 1. The van der Waals surface area contributed by atoms with Crippen LogP contribution in [0.3, 0.4) is 0 Å². The number of nitrogens with one attached hydrogen (secondary N) is 2. The molecule has 0 bridgehead atoms. The van der Waals surface area contributed by atoms with Crippen LogP contribution in [0, 0.1) is 0 Å². The minimum absolute atomic E-state index is 0.601. The van der Waals surface area contributed by atoms with Gasteiger partial charge in [0.25, 0.3) is 0 Å². The molecule has 0 aliphatic heterocycles. The van der Waals surface area contributed by atoms with Gasteiger partial charge in [-0.25, -0.2) is 15.8 Å². The van der Waals surface area contributed by atoms with Gasteiger partial charge in [-0.1, -0.05) is 25.1 Å². The molecule has 0 saturated carbocycles. The van der Waals surface area contributed by atoms with Crippen molar-refractivity contribution in [3.8, 4) is 0 Å². The lowest BCUT2D eigenvalue weighted by Gasteiger charge is -2.09. The Morgan fingerprint density at radius 3 is 2.78 bits per heavy atom. The third-order valence-electron chi connectivity index (χ3n) is 2.23. The molecular formula is C11H21N5OS. The molecule has 102 valence electrons. The second kappa shape index (κ2) is 8.96. The quantitative estimate of drug-likeness (QED) is 0.207. The molecule has 7 heteroatoms. The van der Waals surface area contributed by atoms with E-state index in [1.165, 1.54) is 11.8 Å². The first kappa shape index (κ1) is 15.0. The highest BCUT2D eigenvalue weighted by Crippen LogP contribution is 2.16.